The molecule has 0 amide bonds. The molecule has 0 bridgehead atoms. The fourth-order valence-electron chi connectivity index (χ4n) is 3.08. The topological polar surface area (TPSA) is 61.6 Å². The Morgan fingerprint density at radius 2 is 1.97 bits per heavy atom. The SMILES string of the molecule is Cc1nnc(CN=C(NCCc2cccs2)N(C)Cc2cccc(N(C)C)c2)n1C.I. The van der Waals surface area contributed by atoms with Crippen molar-refractivity contribution in [2.45, 2.75) is 26.4 Å². The van der Waals surface area contributed by atoms with E-state index >= 15 is 0 Å². The number of hydrogen-bond acceptors (Lipinski definition) is 5. The second-order valence-corrected chi connectivity index (χ2v) is 8.57. The summed E-state index contributed by atoms with van der Waals surface area (Å²) in [6.07, 6.45) is 0.976. The number of anilines is 1. The maximum Gasteiger partial charge on any atom is 0.194 e. The summed E-state index contributed by atoms with van der Waals surface area (Å²) in [7, 11) is 8.16. The van der Waals surface area contributed by atoms with E-state index in [1.54, 1.807) is 11.3 Å². The van der Waals surface area contributed by atoms with Crippen LogP contribution >= 0.6 is 35.3 Å². The summed E-state index contributed by atoms with van der Waals surface area (Å²) in [5.74, 6) is 2.61. The van der Waals surface area contributed by atoms with Crippen molar-refractivity contribution in [2.75, 3.05) is 32.6 Å². The van der Waals surface area contributed by atoms with Crippen molar-refractivity contribution in [3.8, 4) is 0 Å². The standard InChI is InChI=1S/C22H31N7S.HI/c1-17-25-26-21(29(17)5)15-24-22(23-12-11-20-10-7-13-30-20)28(4)16-18-8-6-9-19(14-18)27(2)3;/h6-10,13-14H,11-12,15-16H2,1-5H3,(H,23,24);1H. The molecule has 0 saturated carbocycles. The van der Waals surface area contributed by atoms with Gasteiger partial charge in [0.2, 0.25) is 0 Å². The summed E-state index contributed by atoms with van der Waals surface area (Å²) in [4.78, 5) is 10.5. The van der Waals surface area contributed by atoms with Gasteiger partial charge in [-0.1, -0.05) is 18.2 Å². The summed E-state index contributed by atoms with van der Waals surface area (Å²) in [6.45, 7) is 4.04. The number of hydrogen-bond donors (Lipinski definition) is 1. The minimum atomic E-state index is 0. The molecule has 2 aromatic heterocycles. The zero-order valence-electron chi connectivity index (χ0n) is 18.9. The van der Waals surface area contributed by atoms with Crippen LogP contribution < -0.4 is 10.2 Å². The molecule has 168 valence electrons. The molecule has 0 fully saturated rings. The Morgan fingerprint density at radius 1 is 1.16 bits per heavy atom. The first-order chi connectivity index (χ1) is 14.4. The Bertz CT molecular complexity index is 966. The van der Waals surface area contributed by atoms with Crippen molar-refractivity contribution < 1.29 is 0 Å². The Labute approximate surface area is 206 Å². The van der Waals surface area contributed by atoms with E-state index in [2.05, 4.69) is 88.2 Å². The van der Waals surface area contributed by atoms with Gasteiger partial charge in [0.05, 0.1) is 0 Å². The smallest absolute Gasteiger partial charge is 0.194 e. The van der Waals surface area contributed by atoms with E-state index in [0.717, 1.165) is 37.1 Å². The zero-order chi connectivity index (χ0) is 21.5. The third-order valence-corrected chi connectivity index (χ3v) is 5.93. The molecule has 7 nitrogen and oxygen atoms in total. The van der Waals surface area contributed by atoms with Gasteiger partial charge in [-0.3, -0.25) is 0 Å². The van der Waals surface area contributed by atoms with Gasteiger partial charge in [-0.15, -0.1) is 45.5 Å². The van der Waals surface area contributed by atoms with Crippen molar-refractivity contribution in [1.29, 1.82) is 0 Å². The van der Waals surface area contributed by atoms with E-state index in [-0.39, 0.29) is 24.0 Å². The fourth-order valence-corrected chi connectivity index (χ4v) is 3.79. The predicted molar refractivity (Wildman–Crippen MR) is 141 cm³/mol. The van der Waals surface area contributed by atoms with Crippen LogP contribution in [0.25, 0.3) is 0 Å². The van der Waals surface area contributed by atoms with Crippen molar-refractivity contribution in [3.05, 3.63) is 63.9 Å². The third kappa shape index (κ3) is 7.20. The van der Waals surface area contributed by atoms with E-state index in [9.17, 15) is 0 Å². The molecule has 0 radical (unpaired) electrons. The Balaban J connectivity index is 0.00000341. The van der Waals surface area contributed by atoms with Crippen LogP contribution in [0.3, 0.4) is 0 Å². The number of nitrogens with one attached hydrogen (secondary N) is 1. The molecule has 0 aliphatic rings. The molecule has 3 aromatic rings. The maximum atomic E-state index is 4.84. The lowest BCUT2D eigenvalue weighted by Crippen LogP contribution is -2.39. The highest BCUT2D eigenvalue weighted by atomic mass is 127. The lowest BCUT2D eigenvalue weighted by atomic mass is 10.2. The van der Waals surface area contributed by atoms with Crippen molar-refractivity contribution >= 4 is 47.0 Å². The highest BCUT2D eigenvalue weighted by Crippen LogP contribution is 2.15. The van der Waals surface area contributed by atoms with Gasteiger partial charge in [-0.2, -0.15) is 0 Å². The largest absolute Gasteiger partial charge is 0.378 e. The molecule has 0 aliphatic carbocycles. The molecule has 0 saturated heterocycles. The molecule has 0 unspecified atom stereocenters. The number of aliphatic imine (C=N–C) groups is 1. The molecule has 31 heavy (non-hydrogen) atoms. The second kappa shape index (κ2) is 12.0. The summed E-state index contributed by atoms with van der Waals surface area (Å²) in [5, 5.41) is 14.0. The molecule has 0 spiro atoms. The molecule has 2 heterocycles. The van der Waals surface area contributed by atoms with Gasteiger partial charge in [0.25, 0.3) is 0 Å². The van der Waals surface area contributed by atoms with Crippen LogP contribution in [0.5, 0.6) is 0 Å². The minimum Gasteiger partial charge on any atom is -0.378 e. The molecular weight excluding hydrogens is 521 g/mol. The highest BCUT2D eigenvalue weighted by molar-refractivity contribution is 14.0. The van der Waals surface area contributed by atoms with Gasteiger partial charge in [-0.25, -0.2) is 4.99 Å². The molecule has 0 atom stereocenters. The Hall–Kier alpha value is -2.14. The number of aromatic nitrogens is 3. The highest BCUT2D eigenvalue weighted by Gasteiger charge is 2.10. The summed E-state index contributed by atoms with van der Waals surface area (Å²) in [6, 6.07) is 12.8. The second-order valence-electron chi connectivity index (χ2n) is 7.54. The first-order valence-corrected chi connectivity index (χ1v) is 10.9. The van der Waals surface area contributed by atoms with E-state index in [0.29, 0.717) is 6.54 Å². The van der Waals surface area contributed by atoms with Crippen molar-refractivity contribution in [2.24, 2.45) is 12.0 Å². The first kappa shape index (κ1) is 25.1. The Morgan fingerprint density at radius 3 is 2.61 bits per heavy atom. The monoisotopic (exact) mass is 553 g/mol. The van der Waals surface area contributed by atoms with Crippen molar-refractivity contribution in [1.82, 2.24) is 25.0 Å². The molecule has 0 aliphatic heterocycles. The normalized spacial score (nSPS) is 11.2. The summed E-state index contributed by atoms with van der Waals surface area (Å²) < 4.78 is 1.98. The average molecular weight is 554 g/mol. The zero-order valence-corrected chi connectivity index (χ0v) is 22.0. The molecule has 3 rings (SSSR count). The number of rotatable bonds is 8. The minimum absolute atomic E-state index is 0. The maximum absolute atomic E-state index is 4.84. The lowest BCUT2D eigenvalue weighted by molar-refractivity contribution is 0.474. The molecular formula is C22H32IN7S. The third-order valence-electron chi connectivity index (χ3n) is 5.00. The number of benzene rings is 1. The van der Waals surface area contributed by atoms with Gasteiger partial charge in [0, 0.05) is 51.8 Å². The summed E-state index contributed by atoms with van der Waals surface area (Å²) in [5.41, 5.74) is 2.44. The molecule has 1 N–H and O–H groups in total. The number of guanidine groups is 1. The lowest BCUT2D eigenvalue weighted by Gasteiger charge is -2.23. The number of halogens is 1. The van der Waals surface area contributed by atoms with E-state index in [4.69, 9.17) is 4.99 Å². The van der Waals surface area contributed by atoms with Gasteiger partial charge in [0.15, 0.2) is 11.8 Å². The van der Waals surface area contributed by atoms with Crippen LogP contribution in [-0.2, 0) is 26.6 Å². The Kier molecular flexibility index (Phi) is 9.76. The van der Waals surface area contributed by atoms with Gasteiger partial charge < -0.3 is 19.7 Å². The van der Waals surface area contributed by atoms with Crippen LogP contribution in [0.15, 0.2) is 46.8 Å². The van der Waals surface area contributed by atoms with Gasteiger partial charge in [0.1, 0.15) is 12.4 Å². The van der Waals surface area contributed by atoms with Crippen LogP contribution in [0.2, 0.25) is 0 Å². The van der Waals surface area contributed by atoms with Gasteiger partial charge in [-0.05, 0) is 42.5 Å². The fraction of sp³-hybridized carbons (Fsp3) is 0.409. The van der Waals surface area contributed by atoms with E-state index in [1.807, 2.05) is 18.5 Å². The van der Waals surface area contributed by atoms with Crippen LogP contribution in [-0.4, -0.2) is 53.3 Å². The average Bonchev–Trinajstić information content (AvgIpc) is 3.35. The van der Waals surface area contributed by atoms with Crippen LogP contribution in [0.4, 0.5) is 5.69 Å². The quantitative estimate of drug-likeness (QED) is 0.262. The van der Waals surface area contributed by atoms with Crippen LogP contribution in [0, 0.1) is 6.92 Å². The van der Waals surface area contributed by atoms with E-state index < -0.39 is 0 Å². The predicted octanol–water partition coefficient (Wildman–Crippen LogP) is 3.69. The molecule has 9 heteroatoms. The van der Waals surface area contributed by atoms with Gasteiger partial charge >= 0.3 is 0 Å². The number of nitrogens with zero attached hydrogens (tertiary/aromatic N) is 6. The van der Waals surface area contributed by atoms with Crippen LogP contribution in [0.1, 0.15) is 22.1 Å². The van der Waals surface area contributed by atoms with Crippen molar-refractivity contribution in [3.63, 3.8) is 0 Å². The van der Waals surface area contributed by atoms with E-state index in [1.165, 1.54) is 16.1 Å². The molecule has 1 aromatic carbocycles. The number of thiophene rings is 1. The summed E-state index contributed by atoms with van der Waals surface area (Å²) >= 11 is 1.79. The number of aryl methyl sites for hydroxylation is 1. The first-order valence-electron chi connectivity index (χ1n) is 10.1.